The lowest BCUT2D eigenvalue weighted by Gasteiger charge is -2.26. The summed E-state index contributed by atoms with van der Waals surface area (Å²) in [6.45, 7) is 0. The predicted octanol–water partition coefficient (Wildman–Crippen LogP) is 5.21. The number of anilines is 4. The first-order valence-corrected chi connectivity index (χ1v) is 7.59. The number of hydrogen-bond acceptors (Lipinski definition) is 3. The number of benzene rings is 3. The normalized spacial score (nSPS) is 10.2. The largest absolute Gasteiger partial charge is 0.497 e. The Morgan fingerprint density at radius 3 is 2.04 bits per heavy atom. The van der Waals surface area contributed by atoms with Crippen LogP contribution < -0.4 is 15.0 Å². The van der Waals surface area contributed by atoms with E-state index in [0.29, 0.717) is 0 Å². The molecule has 0 radical (unpaired) electrons. The highest BCUT2D eigenvalue weighted by atomic mass is 16.5. The van der Waals surface area contributed by atoms with Crippen LogP contribution in [0.5, 0.6) is 5.75 Å². The summed E-state index contributed by atoms with van der Waals surface area (Å²) in [4.78, 5) is 2.21. The van der Waals surface area contributed by atoms with E-state index in [1.54, 1.807) is 7.11 Å². The molecular weight excluding hydrogens is 284 g/mol. The molecule has 0 saturated heterocycles. The molecule has 3 aromatic rings. The van der Waals surface area contributed by atoms with E-state index in [0.717, 1.165) is 28.5 Å². The number of methoxy groups -OCH3 is 1. The Morgan fingerprint density at radius 2 is 1.39 bits per heavy atom. The van der Waals surface area contributed by atoms with Crippen molar-refractivity contribution >= 4 is 22.7 Å². The van der Waals surface area contributed by atoms with Crippen LogP contribution in [0.15, 0.2) is 78.9 Å². The fourth-order valence-electron chi connectivity index (χ4n) is 2.55. The van der Waals surface area contributed by atoms with Crippen molar-refractivity contribution in [3.05, 3.63) is 78.9 Å². The van der Waals surface area contributed by atoms with Crippen molar-refractivity contribution in [2.75, 3.05) is 24.4 Å². The maximum Gasteiger partial charge on any atom is 0.120 e. The van der Waals surface area contributed by atoms with Gasteiger partial charge in [-0.2, -0.15) is 0 Å². The number of ether oxygens (including phenoxy) is 1. The van der Waals surface area contributed by atoms with E-state index < -0.39 is 0 Å². The second-order valence-corrected chi connectivity index (χ2v) is 5.17. The Hall–Kier alpha value is -2.94. The molecule has 0 saturated carbocycles. The van der Waals surface area contributed by atoms with E-state index in [1.807, 2.05) is 43.4 Å². The quantitative estimate of drug-likeness (QED) is 0.700. The lowest BCUT2D eigenvalue weighted by atomic mass is 10.2. The molecule has 0 aliphatic heterocycles. The molecule has 0 atom stereocenters. The van der Waals surface area contributed by atoms with Gasteiger partial charge in [0.1, 0.15) is 5.75 Å². The third-order valence-corrected chi connectivity index (χ3v) is 3.74. The van der Waals surface area contributed by atoms with Crippen LogP contribution in [0.2, 0.25) is 0 Å². The molecule has 0 aromatic heterocycles. The van der Waals surface area contributed by atoms with Gasteiger partial charge in [0.15, 0.2) is 0 Å². The Bertz CT molecular complexity index is 754. The molecule has 3 aromatic carbocycles. The van der Waals surface area contributed by atoms with Crippen molar-refractivity contribution in [3.8, 4) is 5.75 Å². The highest BCUT2D eigenvalue weighted by Crippen LogP contribution is 2.36. The lowest BCUT2D eigenvalue weighted by Crippen LogP contribution is -2.09. The summed E-state index contributed by atoms with van der Waals surface area (Å²) in [7, 11) is 3.61. The molecular formula is C20H20N2O. The zero-order valence-corrected chi connectivity index (χ0v) is 13.4. The summed E-state index contributed by atoms with van der Waals surface area (Å²) >= 11 is 0. The van der Waals surface area contributed by atoms with E-state index >= 15 is 0 Å². The minimum absolute atomic E-state index is 0.843. The first-order valence-electron chi connectivity index (χ1n) is 7.59. The molecule has 3 rings (SSSR count). The van der Waals surface area contributed by atoms with Crippen molar-refractivity contribution < 1.29 is 4.74 Å². The highest BCUT2D eigenvalue weighted by molar-refractivity contribution is 5.77. The zero-order chi connectivity index (χ0) is 16.1. The third-order valence-electron chi connectivity index (χ3n) is 3.74. The molecule has 0 bridgehead atoms. The fourth-order valence-corrected chi connectivity index (χ4v) is 2.55. The summed E-state index contributed by atoms with van der Waals surface area (Å²) in [6.07, 6.45) is 0. The smallest absolute Gasteiger partial charge is 0.120 e. The second-order valence-electron chi connectivity index (χ2n) is 5.17. The number of nitrogens with zero attached hydrogens (tertiary/aromatic N) is 1. The molecule has 0 spiro atoms. The monoisotopic (exact) mass is 304 g/mol. The number of rotatable bonds is 5. The van der Waals surface area contributed by atoms with Crippen molar-refractivity contribution in [2.45, 2.75) is 0 Å². The van der Waals surface area contributed by atoms with Gasteiger partial charge in [-0.05, 0) is 48.5 Å². The van der Waals surface area contributed by atoms with Crippen molar-refractivity contribution in [3.63, 3.8) is 0 Å². The molecule has 23 heavy (non-hydrogen) atoms. The van der Waals surface area contributed by atoms with E-state index in [2.05, 4.69) is 52.7 Å². The van der Waals surface area contributed by atoms with E-state index in [9.17, 15) is 0 Å². The van der Waals surface area contributed by atoms with Gasteiger partial charge in [0.2, 0.25) is 0 Å². The first-order chi connectivity index (χ1) is 11.3. The molecule has 116 valence electrons. The van der Waals surface area contributed by atoms with Gasteiger partial charge in [0, 0.05) is 35.9 Å². The Balaban J connectivity index is 2.09. The van der Waals surface area contributed by atoms with Gasteiger partial charge < -0.3 is 15.0 Å². The van der Waals surface area contributed by atoms with Crippen LogP contribution in [0.1, 0.15) is 0 Å². The maximum atomic E-state index is 5.38. The van der Waals surface area contributed by atoms with Crippen LogP contribution in [0.25, 0.3) is 0 Å². The predicted molar refractivity (Wildman–Crippen MR) is 97.2 cm³/mol. The molecule has 1 N–H and O–H groups in total. The highest BCUT2D eigenvalue weighted by Gasteiger charge is 2.12. The summed E-state index contributed by atoms with van der Waals surface area (Å²) in [6, 6.07) is 26.8. The van der Waals surface area contributed by atoms with Crippen LogP contribution >= 0.6 is 0 Å². The fraction of sp³-hybridized carbons (Fsp3) is 0.100. The number of para-hydroxylation sites is 1. The van der Waals surface area contributed by atoms with Gasteiger partial charge in [0.25, 0.3) is 0 Å². The first kappa shape index (κ1) is 15.0. The van der Waals surface area contributed by atoms with E-state index in [1.165, 1.54) is 0 Å². The minimum Gasteiger partial charge on any atom is -0.497 e. The molecule has 3 heteroatoms. The number of hydrogen-bond donors (Lipinski definition) is 1. The van der Waals surface area contributed by atoms with Crippen molar-refractivity contribution in [2.24, 2.45) is 0 Å². The Morgan fingerprint density at radius 1 is 0.739 bits per heavy atom. The summed E-state index contributed by atoms with van der Waals surface area (Å²) < 4.78 is 5.38. The second kappa shape index (κ2) is 6.88. The van der Waals surface area contributed by atoms with Crippen LogP contribution in [0.4, 0.5) is 22.7 Å². The summed E-state index contributed by atoms with van der Waals surface area (Å²) in [5.41, 5.74) is 4.36. The Labute approximate surface area is 137 Å². The molecule has 0 aliphatic rings. The third kappa shape index (κ3) is 3.29. The van der Waals surface area contributed by atoms with Crippen molar-refractivity contribution in [1.82, 2.24) is 0 Å². The minimum atomic E-state index is 0.843. The van der Waals surface area contributed by atoms with E-state index in [-0.39, 0.29) is 0 Å². The standard InChI is InChI=1S/C20H20N2O/c1-21-16-11-13-18(14-12-16)22(17-7-4-3-5-8-17)19-9-6-10-20(15-19)23-2/h3-15,21H,1-2H3. The van der Waals surface area contributed by atoms with Crippen LogP contribution in [0, 0.1) is 0 Å². The van der Waals surface area contributed by atoms with Crippen LogP contribution in [0.3, 0.4) is 0 Å². The van der Waals surface area contributed by atoms with Crippen LogP contribution in [-0.2, 0) is 0 Å². The van der Waals surface area contributed by atoms with Gasteiger partial charge in [-0.25, -0.2) is 0 Å². The number of nitrogens with one attached hydrogen (secondary N) is 1. The van der Waals surface area contributed by atoms with E-state index in [4.69, 9.17) is 4.74 Å². The molecule has 0 unspecified atom stereocenters. The molecule has 0 fully saturated rings. The average Bonchev–Trinajstić information content (AvgIpc) is 2.64. The molecule has 0 aliphatic carbocycles. The van der Waals surface area contributed by atoms with Crippen LogP contribution in [-0.4, -0.2) is 14.2 Å². The molecule has 3 nitrogen and oxygen atoms in total. The maximum absolute atomic E-state index is 5.38. The van der Waals surface area contributed by atoms with Gasteiger partial charge in [0.05, 0.1) is 7.11 Å². The van der Waals surface area contributed by atoms with Gasteiger partial charge in [-0.15, -0.1) is 0 Å². The average molecular weight is 304 g/mol. The SMILES string of the molecule is CNc1ccc(N(c2ccccc2)c2cccc(OC)c2)cc1. The van der Waals surface area contributed by atoms with Crippen molar-refractivity contribution in [1.29, 1.82) is 0 Å². The molecule has 0 amide bonds. The Kier molecular flexibility index (Phi) is 4.48. The van der Waals surface area contributed by atoms with Gasteiger partial charge in [-0.1, -0.05) is 24.3 Å². The topological polar surface area (TPSA) is 24.5 Å². The summed E-state index contributed by atoms with van der Waals surface area (Å²) in [5, 5.41) is 3.15. The lowest BCUT2D eigenvalue weighted by molar-refractivity contribution is 0.415. The zero-order valence-electron chi connectivity index (χ0n) is 13.4. The van der Waals surface area contributed by atoms with Gasteiger partial charge >= 0.3 is 0 Å². The summed E-state index contributed by atoms with van der Waals surface area (Å²) in [5.74, 6) is 0.843. The van der Waals surface area contributed by atoms with Gasteiger partial charge in [-0.3, -0.25) is 0 Å². The molecule has 0 heterocycles.